The maximum absolute atomic E-state index is 12.8. The smallest absolute Gasteiger partial charge is 0.232 e. The second-order valence-electron chi connectivity index (χ2n) is 6.87. The van der Waals surface area contributed by atoms with E-state index in [1.54, 1.807) is 37.5 Å². The summed E-state index contributed by atoms with van der Waals surface area (Å²) in [6.45, 7) is 2.23. The predicted molar refractivity (Wildman–Crippen MR) is 118 cm³/mol. The number of hydrogen-bond acceptors (Lipinski definition) is 4. The molecule has 0 saturated carbocycles. The van der Waals surface area contributed by atoms with Gasteiger partial charge in [0.2, 0.25) is 5.78 Å². The number of halogens is 2. The van der Waals surface area contributed by atoms with Crippen molar-refractivity contribution in [2.75, 3.05) is 7.11 Å². The van der Waals surface area contributed by atoms with Crippen LogP contribution < -0.4 is 14.2 Å². The first-order valence-electron chi connectivity index (χ1n) is 9.24. The highest BCUT2D eigenvalue weighted by atomic mass is 35.5. The van der Waals surface area contributed by atoms with Gasteiger partial charge in [0.05, 0.1) is 22.7 Å². The molecule has 0 aromatic heterocycles. The van der Waals surface area contributed by atoms with Gasteiger partial charge < -0.3 is 14.2 Å². The van der Waals surface area contributed by atoms with E-state index in [9.17, 15) is 4.79 Å². The average Bonchev–Trinajstić information content (AvgIpc) is 3.05. The Morgan fingerprint density at radius 2 is 1.83 bits per heavy atom. The van der Waals surface area contributed by atoms with Crippen molar-refractivity contribution < 1.29 is 19.0 Å². The number of rotatable bonds is 5. The number of hydrogen-bond donors (Lipinski definition) is 0. The lowest BCUT2D eigenvalue weighted by molar-refractivity contribution is 0.101. The number of carbonyl (C=O) groups is 1. The summed E-state index contributed by atoms with van der Waals surface area (Å²) in [4.78, 5) is 12.8. The van der Waals surface area contributed by atoms with Gasteiger partial charge in [-0.05, 0) is 60.0 Å². The zero-order valence-corrected chi connectivity index (χ0v) is 17.9. The summed E-state index contributed by atoms with van der Waals surface area (Å²) in [5, 5.41) is 0.868. The predicted octanol–water partition coefficient (Wildman–Crippen LogP) is 6.51. The third kappa shape index (κ3) is 4.16. The van der Waals surface area contributed by atoms with Crippen LogP contribution in [-0.2, 0) is 6.61 Å². The standard InChI is InChI=1S/C24H18Cl2O4/c1-14-8-18(29-13-16-4-3-5-17(9-16)28-2)12-21-23(14)24(27)22(30-21)11-15-6-7-19(25)20(26)10-15/h3-12H,13H2,1-2H3/b22-11-. The lowest BCUT2D eigenvalue weighted by atomic mass is 10.0. The van der Waals surface area contributed by atoms with E-state index in [1.807, 2.05) is 37.3 Å². The minimum atomic E-state index is -0.173. The van der Waals surface area contributed by atoms with Crippen molar-refractivity contribution in [2.24, 2.45) is 0 Å². The van der Waals surface area contributed by atoms with Crippen LogP contribution >= 0.6 is 23.2 Å². The second kappa shape index (κ2) is 8.42. The third-order valence-electron chi connectivity index (χ3n) is 4.72. The molecule has 30 heavy (non-hydrogen) atoms. The molecule has 0 saturated heterocycles. The van der Waals surface area contributed by atoms with Gasteiger partial charge in [0.1, 0.15) is 23.9 Å². The highest BCUT2D eigenvalue weighted by Gasteiger charge is 2.30. The van der Waals surface area contributed by atoms with Crippen LogP contribution in [0.25, 0.3) is 6.08 Å². The molecule has 0 N–H and O–H groups in total. The number of fused-ring (bicyclic) bond motifs is 1. The van der Waals surface area contributed by atoms with Crippen molar-refractivity contribution >= 4 is 35.1 Å². The van der Waals surface area contributed by atoms with E-state index < -0.39 is 0 Å². The van der Waals surface area contributed by atoms with Crippen molar-refractivity contribution in [3.8, 4) is 17.2 Å². The maximum Gasteiger partial charge on any atom is 0.232 e. The van der Waals surface area contributed by atoms with E-state index in [-0.39, 0.29) is 11.5 Å². The first-order valence-corrected chi connectivity index (χ1v) is 10.00. The van der Waals surface area contributed by atoms with Crippen LogP contribution in [0.5, 0.6) is 17.2 Å². The molecule has 4 nitrogen and oxygen atoms in total. The molecule has 3 aromatic carbocycles. The molecule has 0 unspecified atom stereocenters. The SMILES string of the molecule is COc1cccc(COc2cc(C)c3c(c2)O/C(=C\c2ccc(Cl)c(Cl)c2)C3=O)c1. The van der Waals surface area contributed by atoms with Crippen molar-refractivity contribution in [1.82, 2.24) is 0 Å². The zero-order valence-electron chi connectivity index (χ0n) is 16.4. The van der Waals surface area contributed by atoms with Gasteiger partial charge in [0.25, 0.3) is 0 Å². The second-order valence-corrected chi connectivity index (χ2v) is 7.68. The van der Waals surface area contributed by atoms with Gasteiger partial charge in [0, 0.05) is 6.07 Å². The van der Waals surface area contributed by atoms with Crippen LogP contribution in [0.4, 0.5) is 0 Å². The molecule has 0 fully saturated rings. The van der Waals surface area contributed by atoms with Gasteiger partial charge in [0.15, 0.2) is 5.76 Å². The van der Waals surface area contributed by atoms with Crippen LogP contribution in [0.3, 0.4) is 0 Å². The Balaban J connectivity index is 1.56. The van der Waals surface area contributed by atoms with Crippen LogP contribution in [0.15, 0.2) is 60.4 Å². The van der Waals surface area contributed by atoms with Crippen LogP contribution in [0, 0.1) is 6.92 Å². The Morgan fingerprint density at radius 3 is 2.60 bits per heavy atom. The van der Waals surface area contributed by atoms with Gasteiger partial charge in [-0.1, -0.05) is 41.4 Å². The molecule has 0 amide bonds. The van der Waals surface area contributed by atoms with Crippen molar-refractivity contribution in [2.45, 2.75) is 13.5 Å². The minimum Gasteiger partial charge on any atom is -0.497 e. The Bertz CT molecular complexity index is 1170. The van der Waals surface area contributed by atoms with Gasteiger partial charge in [-0.15, -0.1) is 0 Å². The van der Waals surface area contributed by atoms with E-state index in [0.717, 1.165) is 22.4 Å². The summed E-state index contributed by atoms with van der Waals surface area (Å²) < 4.78 is 17.0. The van der Waals surface area contributed by atoms with Gasteiger partial charge in [-0.3, -0.25) is 4.79 Å². The lowest BCUT2D eigenvalue weighted by Crippen LogP contribution is -2.00. The summed E-state index contributed by atoms with van der Waals surface area (Å²) in [5.74, 6) is 1.93. The number of allylic oxidation sites excluding steroid dienone is 1. The lowest BCUT2D eigenvalue weighted by Gasteiger charge is -2.10. The maximum atomic E-state index is 12.8. The fourth-order valence-corrected chi connectivity index (χ4v) is 3.55. The molecule has 3 aromatic rings. The molecule has 0 bridgehead atoms. The molecule has 0 aliphatic carbocycles. The fourth-order valence-electron chi connectivity index (χ4n) is 3.24. The summed E-state index contributed by atoms with van der Waals surface area (Å²) >= 11 is 12.0. The number of carbonyl (C=O) groups excluding carboxylic acids is 1. The number of Topliss-reactive ketones (excluding diaryl/α,β-unsaturated/α-hetero) is 1. The summed E-state index contributed by atoms with van der Waals surface area (Å²) in [5.41, 5.74) is 3.03. The molecule has 4 rings (SSSR count). The van der Waals surface area contributed by atoms with Crippen LogP contribution in [-0.4, -0.2) is 12.9 Å². The number of benzene rings is 3. The molecule has 6 heteroatoms. The number of aryl methyl sites for hydroxylation is 1. The molecular formula is C24H18Cl2O4. The Morgan fingerprint density at radius 1 is 1.00 bits per heavy atom. The summed E-state index contributed by atoms with van der Waals surface area (Å²) in [7, 11) is 1.63. The number of methoxy groups -OCH3 is 1. The van der Waals surface area contributed by atoms with E-state index in [4.69, 9.17) is 37.4 Å². The molecule has 1 heterocycles. The molecular weight excluding hydrogens is 423 g/mol. The van der Waals surface area contributed by atoms with E-state index in [0.29, 0.717) is 33.7 Å². The quantitative estimate of drug-likeness (QED) is 0.424. The third-order valence-corrected chi connectivity index (χ3v) is 5.46. The molecule has 0 spiro atoms. The van der Waals surface area contributed by atoms with Crippen molar-refractivity contribution in [3.63, 3.8) is 0 Å². The van der Waals surface area contributed by atoms with Gasteiger partial charge in [-0.25, -0.2) is 0 Å². The number of ether oxygens (including phenoxy) is 3. The normalized spacial score (nSPS) is 13.9. The van der Waals surface area contributed by atoms with Gasteiger partial charge in [-0.2, -0.15) is 0 Å². The van der Waals surface area contributed by atoms with E-state index in [1.165, 1.54) is 0 Å². The summed E-state index contributed by atoms with van der Waals surface area (Å²) in [6, 6.07) is 16.4. The fraction of sp³-hybridized carbons (Fsp3) is 0.125. The Hall–Kier alpha value is -2.95. The van der Waals surface area contributed by atoms with Crippen LogP contribution in [0.1, 0.15) is 27.0 Å². The largest absolute Gasteiger partial charge is 0.497 e. The van der Waals surface area contributed by atoms with Crippen molar-refractivity contribution in [1.29, 1.82) is 0 Å². The first kappa shape index (κ1) is 20.3. The van der Waals surface area contributed by atoms with E-state index in [2.05, 4.69) is 0 Å². The molecule has 0 radical (unpaired) electrons. The molecule has 152 valence electrons. The van der Waals surface area contributed by atoms with Crippen LogP contribution in [0.2, 0.25) is 10.0 Å². The van der Waals surface area contributed by atoms with Gasteiger partial charge >= 0.3 is 0 Å². The summed E-state index contributed by atoms with van der Waals surface area (Å²) in [6.07, 6.45) is 1.65. The highest BCUT2D eigenvalue weighted by molar-refractivity contribution is 6.42. The Kier molecular flexibility index (Phi) is 5.71. The minimum absolute atomic E-state index is 0.173. The Labute approximate surface area is 184 Å². The van der Waals surface area contributed by atoms with E-state index >= 15 is 0 Å². The monoisotopic (exact) mass is 440 g/mol. The average molecular weight is 441 g/mol. The highest BCUT2D eigenvalue weighted by Crippen LogP contribution is 2.38. The zero-order chi connectivity index (χ0) is 21.3. The molecule has 0 atom stereocenters. The number of ketones is 1. The first-order chi connectivity index (χ1) is 14.4. The van der Waals surface area contributed by atoms with Crippen molar-refractivity contribution in [3.05, 3.63) is 92.7 Å². The molecule has 1 aliphatic heterocycles. The molecule has 1 aliphatic rings. The topological polar surface area (TPSA) is 44.8 Å².